The van der Waals surface area contributed by atoms with Crippen molar-refractivity contribution in [2.24, 2.45) is 0 Å². The summed E-state index contributed by atoms with van der Waals surface area (Å²) in [5, 5.41) is 0.480. The lowest BCUT2D eigenvalue weighted by atomic mass is 10.1. The van der Waals surface area contributed by atoms with Crippen LogP contribution < -0.4 is 24.4 Å². The van der Waals surface area contributed by atoms with Crippen LogP contribution in [0.15, 0.2) is 39.5 Å². The molecular formula is C22H23IO6. The van der Waals surface area contributed by atoms with E-state index in [1.807, 2.05) is 12.1 Å². The summed E-state index contributed by atoms with van der Waals surface area (Å²) in [7, 11) is 4.62. The number of benzene rings is 2. The first-order chi connectivity index (χ1) is 14.0. The van der Waals surface area contributed by atoms with Crippen molar-refractivity contribution >= 4 is 33.6 Å². The fourth-order valence-corrected chi connectivity index (χ4v) is 3.46. The molecule has 0 amide bonds. The summed E-state index contributed by atoms with van der Waals surface area (Å²) in [4.78, 5) is 13.2. The SMILES string of the molecule is CCCCOc1c(-c2cc(OC)c(OC)c(OC)c2)oc2cc(I)ccc2c1=O. The molecule has 0 atom stereocenters. The molecule has 0 fully saturated rings. The summed E-state index contributed by atoms with van der Waals surface area (Å²) in [5.41, 5.74) is 0.889. The van der Waals surface area contributed by atoms with E-state index in [0.717, 1.165) is 16.4 Å². The maximum absolute atomic E-state index is 13.2. The number of hydrogen-bond acceptors (Lipinski definition) is 6. The van der Waals surface area contributed by atoms with Crippen LogP contribution >= 0.6 is 22.6 Å². The quantitative estimate of drug-likeness (QED) is 0.304. The van der Waals surface area contributed by atoms with Gasteiger partial charge >= 0.3 is 0 Å². The average Bonchev–Trinajstić information content (AvgIpc) is 2.73. The molecule has 7 heteroatoms. The molecule has 1 aromatic heterocycles. The highest BCUT2D eigenvalue weighted by atomic mass is 127. The highest BCUT2D eigenvalue weighted by Gasteiger charge is 2.22. The number of rotatable bonds is 8. The van der Waals surface area contributed by atoms with Crippen molar-refractivity contribution < 1.29 is 23.4 Å². The zero-order valence-corrected chi connectivity index (χ0v) is 19.0. The molecule has 2 aromatic carbocycles. The second-order valence-corrected chi connectivity index (χ2v) is 7.59. The van der Waals surface area contributed by atoms with Gasteiger partial charge in [-0.1, -0.05) is 13.3 Å². The van der Waals surface area contributed by atoms with Crippen molar-refractivity contribution in [2.45, 2.75) is 19.8 Å². The predicted octanol–water partition coefficient (Wildman–Crippen LogP) is 5.27. The fourth-order valence-electron chi connectivity index (χ4n) is 3.00. The van der Waals surface area contributed by atoms with Gasteiger partial charge in [0, 0.05) is 9.13 Å². The second-order valence-electron chi connectivity index (χ2n) is 6.35. The lowest BCUT2D eigenvalue weighted by molar-refractivity contribution is 0.301. The van der Waals surface area contributed by atoms with E-state index in [4.69, 9.17) is 23.4 Å². The van der Waals surface area contributed by atoms with E-state index in [2.05, 4.69) is 29.5 Å². The highest BCUT2D eigenvalue weighted by Crippen LogP contribution is 2.43. The summed E-state index contributed by atoms with van der Waals surface area (Å²) < 4.78 is 29.3. The Morgan fingerprint density at radius 3 is 2.24 bits per heavy atom. The van der Waals surface area contributed by atoms with Crippen LogP contribution in [-0.2, 0) is 0 Å². The molecule has 3 rings (SSSR count). The summed E-state index contributed by atoms with van der Waals surface area (Å²) in [6.07, 6.45) is 1.79. The zero-order valence-electron chi connectivity index (χ0n) is 16.8. The smallest absolute Gasteiger partial charge is 0.235 e. The molecule has 0 saturated heterocycles. The Morgan fingerprint density at radius 2 is 1.66 bits per heavy atom. The van der Waals surface area contributed by atoms with Gasteiger partial charge in [0.25, 0.3) is 0 Å². The molecule has 1 heterocycles. The molecule has 0 N–H and O–H groups in total. The summed E-state index contributed by atoms with van der Waals surface area (Å²) in [6.45, 7) is 2.49. The van der Waals surface area contributed by atoms with Gasteiger partial charge in [-0.15, -0.1) is 0 Å². The first-order valence-electron chi connectivity index (χ1n) is 9.23. The van der Waals surface area contributed by atoms with Crippen LogP contribution in [0, 0.1) is 3.57 Å². The normalized spacial score (nSPS) is 10.8. The van der Waals surface area contributed by atoms with Crippen molar-refractivity contribution in [1.29, 1.82) is 0 Å². The minimum absolute atomic E-state index is 0.182. The van der Waals surface area contributed by atoms with Crippen LogP contribution in [0.2, 0.25) is 0 Å². The topological polar surface area (TPSA) is 67.1 Å². The number of methoxy groups -OCH3 is 3. The zero-order chi connectivity index (χ0) is 21.0. The maximum atomic E-state index is 13.2. The molecule has 154 valence electrons. The van der Waals surface area contributed by atoms with Crippen LogP contribution in [0.3, 0.4) is 0 Å². The van der Waals surface area contributed by atoms with E-state index >= 15 is 0 Å². The van der Waals surface area contributed by atoms with E-state index in [9.17, 15) is 4.79 Å². The molecule has 3 aromatic rings. The minimum atomic E-state index is -0.206. The van der Waals surface area contributed by atoms with Crippen molar-refractivity contribution in [3.63, 3.8) is 0 Å². The Bertz CT molecular complexity index is 1050. The van der Waals surface area contributed by atoms with Gasteiger partial charge in [-0.3, -0.25) is 4.79 Å². The Kier molecular flexibility index (Phi) is 6.89. The van der Waals surface area contributed by atoms with E-state index < -0.39 is 0 Å². The van der Waals surface area contributed by atoms with E-state index in [0.29, 0.717) is 46.1 Å². The Hall–Kier alpha value is -2.42. The number of unbranched alkanes of at least 4 members (excludes halogenated alkanes) is 1. The molecule has 0 unspecified atom stereocenters. The van der Waals surface area contributed by atoms with Crippen molar-refractivity contribution in [2.75, 3.05) is 27.9 Å². The molecule has 0 spiro atoms. The van der Waals surface area contributed by atoms with Gasteiger partial charge < -0.3 is 23.4 Å². The van der Waals surface area contributed by atoms with Crippen molar-refractivity contribution in [1.82, 2.24) is 0 Å². The number of hydrogen-bond donors (Lipinski definition) is 0. The first-order valence-corrected chi connectivity index (χ1v) is 10.3. The predicted molar refractivity (Wildman–Crippen MR) is 121 cm³/mol. The van der Waals surface area contributed by atoms with E-state index in [1.165, 1.54) is 7.11 Å². The molecule has 0 radical (unpaired) electrons. The van der Waals surface area contributed by atoms with Crippen molar-refractivity contribution in [3.8, 4) is 34.3 Å². The lowest BCUT2D eigenvalue weighted by Gasteiger charge is -2.16. The van der Waals surface area contributed by atoms with Gasteiger partial charge in [0.1, 0.15) is 5.58 Å². The first kappa shape index (κ1) is 21.3. The van der Waals surface area contributed by atoms with Gasteiger partial charge in [-0.25, -0.2) is 0 Å². The molecule has 0 aliphatic rings. The van der Waals surface area contributed by atoms with Gasteiger partial charge in [0.15, 0.2) is 17.3 Å². The second kappa shape index (κ2) is 9.39. The third kappa shape index (κ3) is 4.29. The number of ether oxygens (including phenoxy) is 4. The van der Waals surface area contributed by atoms with E-state index in [1.54, 1.807) is 32.4 Å². The van der Waals surface area contributed by atoms with Crippen LogP contribution in [-0.4, -0.2) is 27.9 Å². The standard InChI is InChI=1S/C22H23IO6/c1-5-6-9-28-22-19(24)15-8-7-14(23)12-16(15)29-20(22)13-10-17(25-2)21(27-4)18(11-13)26-3/h7-8,10-12H,5-6,9H2,1-4H3. The summed E-state index contributed by atoms with van der Waals surface area (Å²) in [6, 6.07) is 8.94. The van der Waals surface area contributed by atoms with Crippen LogP contribution in [0.4, 0.5) is 0 Å². The fraction of sp³-hybridized carbons (Fsp3) is 0.318. The van der Waals surface area contributed by atoms with E-state index in [-0.39, 0.29) is 11.2 Å². The molecule has 0 aliphatic heterocycles. The highest BCUT2D eigenvalue weighted by molar-refractivity contribution is 14.1. The van der Waals surface area contributed by atoms with Crippen LogP contribution in [0.1, 0.15) is 19.8 Å². The van der Waals surface area contributed by atoms with Gasteiger partial charge in [0.05, 0.1) is 33.3 Å². The third-order valence-electron chi connectivity index (χ3n) is 4.48. The van der Waals surface area contributed by atoms with Crippen LogP contribution in [0.25, 0.3) is 22.3 Å². The molecule has 29 heavy (non-hydrogen) atoms. The molecular weight excluding hydrogens is 487 g/mol. The number of fused-ring (bicyclic) bond motifs is 1. The molecule has 6 nitrogen and oxygen atoms in total. The minimum Gasteiger partial charge on any atom is -0.493 e. The van der Waals surface area contributed by atoms with Gasteiger partial charge in [0.2, 0.25) is 16.9 Å². The van der Waals surface area contributed by atoms with Gasteiger partial charge in [-0.05, 0) is 59.3 Å². The number of halogens is 1. The summed E-state index contributed by atoms with van der Waals surface area (Å²) in [5.74, 6) is 1.91. The molecule has 0 bridgehead atoms. The van der Waals surface area contributed by atoms with Crippen LogP contribution in [0.5, 0.6) is 23.0 Å². The molecule has 0 saturated carbocycles. The van der Waals surface area contributed by atoms with Crippen molar-refractivity contribution in [3.05, 3.63) is 44.1 Å². The third-order valence-corrected chi connectivity index (χ3v) is 5.15. The largest absolute Gasteiger partial charge is 0.493 e. The van der Waals surface area contributed by atoms with Gasteiger partial charge in [-0.2, -0.15) is 0 Å². The monoisotopic (exact) mass is 510 g/mol. The summed E-state index contributed by atoms with van der Waals surface area (Å²) >= 11 is 2.18. The Labute approximate surface area is 182 Å². The maximum Gasteiger partial charge on any atom is 0.235 e. The Morgan fingerprint density at radius 1 is 0.966 bits per heavy atom. The lowest BCUT2D eigenvalue weighted by Crippen LogP contribution is -2.11. The average molecular weight is 510 g/mol. The Balaban J connectivity index is 2.29. The molecule has 0 aliphatic carbocycles.